The van der Waals surface area contributed by atoms with Crippen molar-refractivity contribution in [3.63, 3.8) is 0 Å². The Morgan fingerprint density at radius 3 is 2.54 bits per heavy atom. The number of likely N-dealkylation sites (tertiary alicyclic amines) is 1. The van der Waals surface area contributed by atoms with Gasteiger partial charge in [0.2, 0.25) is 11.8 Å². The molecule has 1 aliphatic heterocycles. The molecule has 1 fully saturated rings. The molecule has 154 valence electrons. The van der Waals surface area contributed by atoms with E-state index in [1.165, 1.54) is 0 Å². The summed E-state index contributed by atoms with van der Waals surface area (Å²) in [6, 6.07) is 6.80. The third kappa shape index (κ3) is 5.97. The second-order valence-electron chi connectivity index (χ2n) is 7.41. The van der Waals surface area contributed by atoms with E-state index in [0.29, 0.717) is 12.3 Å². The molecule has 0 radical (unpaired) electrons. The Kier molecular flexibility index (Phi) is 7.84. The molecular formula is C21H30N2O5. The summed E-state index contributed by atoms with van der Waals surface area (Å²) < 4.78 is 5.12. The molecule has 1 aromatic rings. The number of amides is 2. The Balaban J connectivity index is 1.90. The van der Waals surface area contributed by atoms with Crippen molar-refractivity contribution in [1.29, 1.82) is 0 Å². The van der Waals surface area contributed by atoms with Crippen molar-refractivity contribution in [1.82, 2.24) is 10.2 Å². The fourth-order valence-corrected chi connectivity index (χ4v) is 3.29. The van der Waals surface area contributed by atoms with Crippen LogP contribution in [0.15, 0.2) is 24.3 Å². The number of nitrogens with zero attached hydrogens (tertiary/aromatic N) is 1. The number of ether oxygens (including phenoxy) is 1. The highest BCUT2D eigenvalue weighted by Crippen LogP contribution is 2.22. The Bertz CT molecular complexity index is 689. The third-order valence-electron chi connectivity index (χ3n) is 5.24. The standard InChI is InChI=1S/C21H30N2O5/c1-4-14(2)21(27)23-11-5-6-17(12-23)20(26)22-15(3)16-7-9-18(10-8-16)28-13-19(24)25/h7-10,14-15,17H,4-6,11-13H2,1-3H3,(H,22,26)(H,24,25). The lowest BCUT2D eigenvalue weighted by molar-refractivity contribution is -0.140. The molecule has 7 nitrogen and oxygen atoms in total. The number of nitrogens with one attached hydrogen (secondary N) is 1. The Hall–Kier alpha value is -2.57. The number of carbonyl (C=O) groups excluding carboxylic acids is 2. The molecular weight excluding hydrogens is 360 g/mol. The zero-order valence-electron chi connectivity index (χ0n) is 16.8. The van der Waals surface area contributed by atoms with Crippen molar-refractivity contribution in [2.75, 3.05) is 19.7 Å². The Labute approximate surface area is 166 Å². The summed E-state index contributed by atoms with van der Waals surface area (Å²) in [4.78, 5) is 37.5. The molecule has 2 rings (SSSR count). The minimum atomic E-state index is -1.03. The first kappa shape index (κ1) is 21.7. The van der Waals surface area contributed by atoms with Crippen molar-refractivity contribution in [3.05, 3.63) is 29.8 Å². The lowest BCUT2D eigenvalue weighted by atomic mass is 9.95. The minimum absolute atomic E-state index is 0.0115. The first-order chi connectivity index (χ1) is 13.3. The maximum atomic E-state index is 12.7. The molecule has 0 aliphatic carbocycles. The number of benzene rings is 1. The number of hydrogen-bond donors (Lipinski definition) is 2. The van der Waals surface area contributed by atoms with Crippen LogP contribution in [0.2, 0.25) is 0 Å². The SMILES string of the molecule is CCC(C)C(=O)N1CCCC(C(=O)NC(C)c2ccc(OCC(=O)O)cc2)C1. The number of carbonyl (C=O) groups is 3. The first-order valence-electron chi connectivity index (χ1n) is 9.85. The van der Waals surface area contributed by atoms with Gasteiger partial charge in [0.25, 0.3) is 0 Å². The van der Waals surface area contributed by atoms with Gasteiger partial charge in [-0.05, 0) is 43.9 Å². The molecule has 1 saturated heterocycles. The fraction of sp³-hybridized carbons (Fsp3) is 0.571. The number of aliphatic carboxylic acids is 1. The number of carboxylic acids is 1. The average molecular weight is 390 g/mol. The molecule has 2 N–H and O–H groups in total. The van der Waals surface area contributed by atoms with Gasteiger partial charge < -0.3 is 20.1 Å². The first-order valence-corrected chi connectivity index (χ1v) is 9.85. The van der Waals surface area contributed by atoms with Crippen LogP contribution in [0.3, 0.4) is 0 Å². The van der Waals surface area contributed by atoms with Gasteiger partial charge in [-0.3, -0.25) is 9.59 Å². The van der Waals surface area contributed by atoms with Gasteiger partial charge >= 0.3 is 5.97 Å². The quantitative estimate of drug-likeness (QED) is 0.711. The molecule has 28 heavy (non-hydrogen) atoms. The van der Waals surface area contributed by atoms with Gasteiger partial charge in [-0.15, -0.1) is 0 Å². The molecule has 7 heteroatoms. The molecule has 2 amide bonds. The van der Waals surface area contributed by atoms with E-state index in [4.69, 9.17) is 9.84 Å². The normalized spacial score (nSPS) is 18.8. The number of piperidine rings is 1. The molecule has 0 spiro atoms. The van der Waals surface area contributed by atoms with Crippen molar-refractivity contribution in [2.24, 2.45) is 11.8 Å². The fourth-order valence-electron chi connectivity index (χ4n) is 3.29. The maximum absolute atomic E-state index is 12.7. The summed E-state index contributed by atoms with van der Waals surface area (Å²) >= 11 is 0. The summed E-state index contributed by atoms with van der Waals surface area (Å²) in [6.45, 7) is 6.63. The van der Waals surface area contributed by atoms with Gasteiger partial charge in [0.1, 0.15) is 5.75 Å². The summed E-state index contributed by atoms with van der Waals surface area (Å²) in [6.07, 6.45) is 2.42. The second kappa shape index (κ2) is 10.1. The maximum Gasteiger partial charge on any atom is 0.341 e. The molecule has 1 aliphatic rings. The van der Waals surface area contributed by atoms with Crippen molar-refractivity contribution in [3.8, 4) is 5.75 Å². The van der Waals surface area contributed by atoms with E-state index < -0.39 is 5.97 Å². The van der Waals surface area contributed by atoms with Gasteiger partial charge in [-0.25, -0.2) is 4.79 Å². The van der Waals surface area contributed by atoms with E-state index in [-0.39, 0.29) is 36.3 Å². The van der Waals surface area contributed by atoms with Crippen LogP contribution < -0.4 is 10.1 Å². The van der Waals surface area contributed by atoms with Crippen LogP contribution in [0.5, 0.6) is 5.75 Å². The molecule has 0 saturated carbocycles. The highest BCUT2D eigenvalue weighted by Gasteiger charge is 2.30. The minimum Gasteiger partial charge on any atom is -0.482 e. The van der Waals surface area contributed by atoms with Gasteiger partial charge in [-0.2, -0.15) is 0 Å². The molecule has 3 unspecified atom stereocenters. The molecule has 0 aromatic heterocycles. The number of carboxylic acid groups (broad SMARTS) is 1. The van der Waals surface area contributed by atoms with Gasteiger partial charge in [0.05, 0.1) is 12.0 Å². The van der Waals surface area contributed by atoms with Crippen LogP contribution in [0.4, 0.5) is 0 Å². The molecule has 0 bridgehead atoms. The molecule has 1 heterocycles. The van der Waals surface area contributed by atoms with Crippen LogP contribution in [0.1, 0.15) is 51.6 Å². The highest BCUT2D eigenvalue weighted by atomic mass is 16.5. The summed E-state index contributed by atoms with van der Waals surface area (Å²) in [5, 5.41) is 11.7. The zero-order chi connectivity index (χ0) is 20.7. The van der Waals surface area contributed by atoms with Gasteiger partial charge in [-0.1, -0.05) is 26.0 Å². The van der Waals surface area contributed by atoms with Gasteiger partial charge in [0.15, 0.2) is 6.61 Å². The van der Waals surface area contributed by atoms with Crippen LogP contribution in [0, 0.1) is 11.8 Å². The predicted molar refractivity (Wildman–Crippen MR) is 105 cm³/mol. The van der Waals surface area contributed by atoms with E-state index in [0.717, 1.165) is 31.4 Å². The largest absolute Gasteiger partial charge is 0.482 e. The van der Waals surface area contributed by atoms with E-state index in [2.05, 4.69) is 5.32 Å². The van der Waals surface area contributed by atoms with Gasteiger partial charge in [0, 0.05) is 19.0 Å². The summed E-state index contributed by atoms with van der Waals surface area (Å²) in [7, 11) is 0. The van der Waals surface area contributed by atoms with Crippen LogP contribution in [-0.2, 0) is 14.4 Å². The number of rotatable bonds is 8. The smallest absolute Gasteiger partial charge is 0.341 e. The molecule has 1 aromatic carbocycles. The van der Waals surface area contributed by atoms with E-state index in [1.807, 2.05) is 37.8 Å². The second-order valence-corrected chi connectivity index (χ2v) is 7.41. The number of hydrogen-bond acceptors (Lipinski definition) is 4. The Morgan fingerprint density at radius 1 is 1.25 bits per heavy atom. The van der Waals surface area contributed by atoms with Crippen LogP contribution in [-0.4, -0.2) is 47.5 Å². The van der Waals surface area contributed by atoms with Crippen LogP contribution >= 0.6 is 0 Å². The van der Waals surface area contributed by atoms with E-state index in [1.54, 1.807) is 12.1 Å². The summed E-state index contributed by atoms with van der Waals surface area (Å²) in [5.74, 6) is -0.676. The average Bonchev–Trinajstić information content (AvgIpc) is 2.71. The van der Waals surface area contributed by atoms with Crippen molar-refractivity contribution < 1.29 is 24.2 Å². The van der Waals surface area contributed by atoms with Crippen molar-refractivity contribution in [2.45, 2.75) is 46.1 Å². The molecule has 3 atom stereocenters. The van der Waals surface area contributed by atoms with E-state index >= 15 is 0 Å². The Morgan fingerprint density at radius 2 is 1.93 bits per heavy atom. The van der Waals surface area contributed by atoms with Crippen molar-refractivity contribution >= 4 is 17.8 Å². The topological polar surface area (TPSA) is 95.9 Å². The highest BCUT2D eigenvalue weighted by molar-refractivity contribution is 5.82. The lowest BCUT2D eigenvalue weighted by Gasteiger charge is -2.34. The predicted octanol–water partition coefficient (Wildman–Crippen LogP) is 2.61. The summed E-state index contributed by atoms with van der Waals surface area (Å²) in [5.41, 5.74) is 0.902. The zero-order valence-corrected chi connectivity index (χ0v) is 16.8. The lowest BCUT2D eigenvalue weighted by Crippen LogP contribution is -2.47. The van der Waals surface area contributed by atoms with Crippen LogP contribution in [0.25, 0.3) is 0 Å². The third-order valence-corrected chi connectivity index (χ3v) is 5.24. The monoisotopic (exact) mass is 390 g/mol. The van der Waals surface area contributed by atoms with E-state index in [9.17, 15) is 14.4 Å².